The molecule has 0 bridgehead atoms. The van der Waals surface area contributed by atoms with Gasteiger partial charge in [-0.05, 0) is 0 Å². The van der Waals surface area contributed by atoms with Gasteiger partial charge in [-0.25, -0.2) is 0 Å². The van der Waals surface area contributed by atoms with E-state index in [0.29, 0.717) is 4.73 Å². The van der Waals surface area contributed by atoms with Gasteiger partial charge in [0.05, 0.1) is 0 Å². The molecular weight excluding hydrogens is 339 g/mol. The summed E-state index contributed by atoms with van der Waals surface area (Å²) in [6.07, 6.45) is -4.53. The zero-order valence-electron chi connectivity index (χ0n) is 10.1. The molecule has 10 heteroatoms. The Kier molecular flexibility index (Phi) is 3.46. The van der Waals surface area contributed by atoms with Crippen molar-refractivity contribution in [2.45, 2.75) is 12.0 Å². The van der Waals surface area contributed by atoms with Crippen LogP contribution in [-0.4, -0.2) is 70.5 Å². The molecule has 2 aliphatic rings. The molecule has 1 fully saturated rings. The van der Waals surface area contributed by atoms with E-state index in [1.165, 1.54) is 7.11 Å². The SMILES string of the molecule is COP12(OCCO1)[Se]C(N(C)C)=NC2C(F)(F)F. The maximum atomic E-state index is 13.2. The van der Waals surface area contributed by atoms with Gasteiger partial charge in [-0.2, -0.15) is 0 Å². The topological polar surface area (TPSA) is 43.3 Å². The number of amidine groups is 1. The van der Waals surface area contributed by atoms with Crippen LogP contribution in [0.15, 0.2) is 4.99 Å². The molecule has 1 unspecified atom stereocenters. The Labute approximate surface area is 109 Å². The first kappa shape index (κ1) is 14.5. The fourth-order valence-electron chi connectivity index (χ4n) is 1.81. The molecule has 2 aliphatic heterocycles. The van der Waals surface area contributed by atoms with Crippen molar-refractivity contribution in [2.75, 3.05) is 34.4 Å². The fraction of sp³-hybridized carbons (Fsp3) is 0.875. The van der Waals surface area contributed by atoms with Gasteiger partial charge in [0.25, 0.3) is 0 Å². The van der Waals surface area contributed by atoms with Gasteiger partial charge >= 0.3 is 108 Å². The average molecular weight is 353 g/mol. The average Bonchev–Trinajstić information content (AvgIpc) is 2.84. The van der Waals surface area contributed by atoms with Crippen molar-refractivity contribution in [3.8, 4) is 0 Å². The fourth-order valence-corrected chi connectivity index (χ4v) is 12.3. The van der Waals surface area contributed by atoms with Crippen LogP contribution >= 0.6 is 5.97 Å². The number of nitrogens with zero attached hydrogens (tertiary/aromatic N) is 2. The quantitative estimate of drug-likeness (QED) is 0.528. The van der Waals surface area contributed by atoms with Crippen LogP contribution in [0.4, 0.5) is 13.2 Å². The Morgan fingerprint density at radius 1 is 1.39 bits per heavy atom. The van der Waals surface area contributed by atoms with E-state index in [1.807, 2.05) is 0 Å². The van der Waals surface area contributed by atoms with Gasteiger partial charge in [0.2, 0.25) is 0 Å². The van der Waals surface area contributed by atoms with Gasteiger partial charge in [0.1, 0.15) is 0 Å². The van der Waals surface area contributed by atoms with Crippen LogP contribution in [0.3, 0.4) is 0 Å². The molecular formula is C8H14F3N2O3PSe. The van der Waals surface area contributed by atoms with Gasteiger partial charge in [0, 0.05) is 0 Å². The summed E-state index contributed by atoms with van der Waals surface area (Å²) in [5.74, 6) is -6.20. The molecule has 2 rings (SSSR count). The van der Waals surface area contributed by atoms with Gasteiger partial charge in [-0.3, -0.25) is 0 Å². The van der Waals surface area contributed by atoms with Crippen LogP contribution in [0.1, 0.15) is 0 Å². The molecule has 0 aromatic rings. The molecule has 0 amide bonds. The number of hydrogen-bond donors (Lipinski definition) is 0. The van der Waals surface area contributed by atoms with E-state index in [9.17, 15) is 13.2 Å². The second-order valence-corrected chi connectivity index (χ2v) is 13.4. The van der Waals surface area contributed by atoms with E-state index in [1.54, 1.807) is 19.0 Å². The van der Waals surface area contributed by atoms with E-state index >= 15 is 0 Å². The summed E-state index contributed by atoms with van der Waals surface area (Å²) in [4.78, 5) is 5.33. The molecule has 2 heterocycles. The molecule has 0 saturated carbocycles. The minimum absolute atomic E-state index is 0.121. The van der Waals surface area contributed by atoms with Crippen molar-refractivity contribution >= 4 is 25.2 Å². The van der Waals surface area contributed by atoms with Crippen LogP contribution in [0.5, 0.6) is 0 Å². The molecule has 1 atom stereocenters. The Morgan fingerprint density at radius 3 is 2.33 bits per heavy atom. The third-order valence-corrected chi connectivity index (χ3v) is 13.9. The number of rotatable bonds is 1. The van der Waals surface area contributed by atoms with Crippen molar-refractivity contribution in [3.05, 3.63) is 0 Å². The van der Waals surface area contributed by atoms with E-state index in [4.69, 9.17) is 13.6 Å². The van der Waals surface area contributed by atoms with Crippen molar-refractivity contribution in [2.24, 2.45) is 4.99 Å². The number of halogens is 3. The minimum atomic E-state index is -4.53. The van der Waals surface area contributed by atoms with Gasteiger partial charge < -0.3 is 0 Å². The Hall–Kier alpha value is 0.0895. The Balaban J connectivity index is 2.48. The third kappa shape index (κ3) is 1.97. The molecule has 1 spiro atoms. The normalized spacial score (nSPS) is 32.0. The number of hydrogen-bond acceptors (Lipinski definition) is 5. The van der Waals surface area contributed by atoms with Gasteiger partial charge in [-0.1, -0.05) is 0 Å². The predicted molar refractivity (Wildman–Crippen MR) is 62.6 cm³/mol. The summed E-state index contributed by atoms with van der Waals surface area (Å²) in [7, 11) is 4.52. The molecule has 1 saturated heterocycles. The van der Waals surface area contributed by atoms with Crippen molar-refractivity contribution in [1.29, 1.82) is 0 Å². The molecule has 0 aromatic carbocycles. The molecule has 5 nitrogen and oxygen atoms in total. The van der Waals surface area contributed by atoms with Crippen LogP contribution in [0.2, 0.25) is 0 Å². The second kappa shape index (κ2) is 4.30. The standard InChI is InChI=1S/C8H14F3N2O3PSe/c1-13(2)7-12-6(8(9,10)11)17(14-3,18-7)15-4-5-16-17/h6H,4-5H2,1-3H3. The Morgan fingerprint density at radius 2 is 1.94 bits per heavy atom. The zero-order valence-corrected chi connectivity index (χ0v) is 12.7. The summed E-state index contributed by atoms with van der Waals surface area (Å²) in [6, 6.07) is 0. The molecule has 0 aromatic heterocycles. The van der Waals surface area contributed by atoms with E-state index < -0.39 is 32.4 Å². The van der Waals surface area contributed by atoms with Crippen LogP contribution in [0, 0.1) is 0 Å². The summed E-state index contributed by atoms with van der Waals surface area (Å²) in [5, 5.41) is 0. The summed E-state index contributed by atoms with van der Waals surface area (Å²) in [5.41, 5.74) is 0. The van der Waals surface area contributed by atoms with Crippen molar-refractivity contribution in [3.63, 3.8) is 0 Å². The molecule has 106 valence electrons. The molecule has 0 aliphatic carbocycles. The van der Waals surface area contributed by atoms with Crippen LogP contribution in [-0.2, 0) is 13.6 Å². The number of aliphatic imine (C=N–C) groups is 1. The van der Waals surface area contributed by atoms with E-state index in [-0.39, 0.29) is 13.2 Å². The van der Waals surface area contributed by atoms with Gasteiger partial charge in [0.15, 0.2) is 0 Å². The van der Waals surface area contributed by atoms with E-state index in [0.717, 1.165) is 0 Å². The van der Waals surface area contributed by atoms with Crippen molar-refractivity contribution < 1.29 is 26.7 Å². The first-order chi connectivity index (χ1) is 8.23. The van der Waals surface area contributed by atoms with Crippen LogP contribution in [0.25, 0.3) is 0 Å². The second-order valence-electron chi connectivity index (χ2n) is 4.03. The molecule has 0 N–H and O–H groups in total. The summed E-state index contributed by atoms with van der Waals surface area (Å²) < 4.78 is 56.0. The third-order valence-electron chi connectivity index (χ3n) is 2.61. The molecule has 18 heavy (non-hydrogen) atoms. The monoisotopic (exact) mass is 354 g/mol. The van der Waals surface area contributed by atoms with Crippen LogP contribution < -0.4 is 0 Å². The first-order valence-corrected chi connectivity index (χ1v) is 10.3. The predicted octanol–water partition coefficient (Wildman–Crippen LogP) is 1.42. The maximum absolute atomic E-state index is 13.2. The summed E-state index contributed by atoms with van der Waals surface area (Å²) >= 11 is -0.722. The van der Waals surface area contributed by atoms with Crippen molar-refractivity contribution in [1.82, 2.24) is 4.90 Å². The Bertz CT molecular complexity index is 384. The molecule has 0 radical (unpaired) electrons. The first-order valence-electron chi connectivity index (χ1n) is 5.13. The summed E-state index contributed by atoms with van der Waals surface area (Å²) in [6.45, 7) is 0.243. The van der Waals surface area contributed by atoms with Gasteiger partial charge in [-0.15, -0.1) is 0 Å². The van der Waals surface area contributed by atoms with E-state index in [2.05, 4.69) is 4.99 Å². The zero-order chi connectivity index (χ0) is 13.6. The number of alkyl halides is 3.